The number of aromatic nitrogens is 3. The van der Waals surface area contributed by atoms with Gasteiger partial charge in [0.2, 0.25) is 23.2 Å². The molecule has 0 unspecified atom stereocenters. The van der Waals surface area contributed by atoms with Crippen molar-refractivity contribution >= 4 is 35.2 Å². The molecule has 1 saturated heterocycles. The van der Waals surface area contributed by atoms with Crippen LogP contribution in [-0.2, 0) is 6.61 Å². The highest BCUT2D eigenvalue weighted by atomic mass is 35.5. The number of piperazine rings is 1. The average Bonchev–Trinajstić information content (AvgIpc) is 2.81. The molecule has 1 aliphatic heterocycles. The number of carbonyl (C=O) groups is 1. The Balaban J connectivity index is 1.61. The van der Waals surface area contributed by atoms with Gasteiger partial charge < -0.3 is 25.3 Å². The average molecular weight is 505 g/mol. The van der Waals surface area contributed by atoms with Crippen LogP contribution in [0.3, 0.4) is 0 Å². The molecule has 0 radical (unpaired) electrons. The lowest BCUT2D eigenvalue weighted by atomic mass is 10.2. The molecule has 1 aliphatic rings. The van der Waals surface area contributed by atoms with E-state index >= 15 is 0 Å². The van der Waals surface area contributed by atoms with E-state index in [-0.39, 0.29) is 17.2 Å². The topological polar surface area (TPSA) is 117 Å². The number of nitrogens with zero attached hydrogens (tertiary/aromatic N) is 4. The number of rotatable bonds is 7. The number of pyridine rings is 1. The van der Waals surface area contributed by atoms with Crippen molar-refractivity contribution in [2.45, 2.75) is 16.4 Å². The van der Waals surface area contributed by atoms with Gasteiger partial charge in [0.25, 0.3) is 0 Å². The smallest absolute Gasteiger partial charge is 0.250 e. The number of primary amides is 1. The van der Waals surface area contributed by atoms with Crippen LogP contribution >= 0.6 is 23.4 Å². The van der Waals surface area contributed by atoms with Crippen LogP contribution < -0.4 is 20.8 Å². The van der Waals surface area contributed by atoms with Gasteiger partial charge in [0.1, 0.15) is 6.61 Å². The zero-order valence-electron chi connectivity index (χ0n) is 18.3. The lowest BCUT2D eigenvalue weighted by molar-refractivity contribution is 0.100. The number of hydrogen-bond acceptors (Lipinski definition) is 8. The molecule has 3 heterocycles. The van der Waals surface area contributed by atoms with E-state index in [0.29, 0.717) is 22.4 Å². The fraction of sp³-hybridized carbons (Fsp3) is 0.273. The highest BCUT2D eigenvalue weighted by Gasteiger charge is 2.20. The second-order valence-electron chi connectivity index (χ2n) is 7.70. The summed E-state index contributed by atoms with van der Waals surface area (Å²) in [6, 6.07) is 6.04. The van der Waals surface area contributed by atoms with Crippen molar-refractivity contribution in [3.8, 4) is 5.88 Å². The first kappa shape index (κ1) is 24.0. The first-order valence-electron chi connectivity index (χ1n) is 10.4. The first-order chi connectivity index (χ1) is 16.3. The summed E-state index contributed by atoms with van der Waals surface area (Å²) in [6.45, 7) is 3.30. The van der Waals surface area contributed by atoms with Crippen LogP contribution in [0.5, 0.6) is 5.88 Å². The van der Waals surface area contributed by atoms with Gasteiger partial charge in [0, 0.05) is 43.3 Å². The predicted molar refractivity (Wildman–Crippen MR) is 127 cm³/mol. The summed E-state index contributed by atoms with van der Waals surface area (Å²) in [5.41, 5.74) is 5.23. The lowest BCUT2D eigenvalue weighted by Crippen LogP contribution is -2.45. The zero-order chi connectivity index (χ0) is 24.2. The third-order valence-electron chi connectivity index (χ3n) is 5.22. The summed E-state index contributed by atoms with van der Waals surface area (Å²) >= 11 is 7.49. The molecule has 1 aromatic carbocycles. The van der Waals surface area contributed by atoms with E-state index in [1.165, 1.54) is 11.8 Å². The van der Waals surface area contributed by atoms with Gasteiger partial charge in [-0.15, -0.1) is 0 Å². The Morgan fingerprint density at radius 1 is 1.29 bits per heavy atom. The number of ether oxygens (including phenoxy) is 1. The summed E-state index contributed by atoms with van der Waals surface area (Å²) in [4.78, 5) is 40.5. The van der Waals surface area contributed by atoms with Gasteiger partial charge >= 0.3 is 0 Å². The third kappa shape index (κ3) is 5.66. The van der Waals surface area contributed by atoms with Crippen LogP contribution in [0.1, 0.15) is 16.1 Å². The Labute approximate surface area is 204 Å². The number of carbonyl (C=O) groups excluding carboxylic acids is 1. The van der Waals surface area contributed by atoms with Crippen LogP contribution in [0, 0.1) is 5.82 Å². The summed E-state index contributed by atoms with van der Waals surface area (Å²) in [6.07, 6.45) is 2.65. The molecule has 4 rings (SSSR count). The summed E-state index contributed by atoms with van der Waals surface area (Å²) < 4.78 is 19.2. The van der Waals surface area contributed by atoms with E-state index < -0.39 is 17.2 Å². The van der Waals surface area contributed by atoms with Gasteiger partial charge in [-0.3, -0.25) is 9.59 Å². The van der Waals surface area contributed by atoms with E-state index in [1.807, 2.05) is 0 Å². The minimum absolute atomic E-state index is 0.0242. The Kier molecular flexibility index (Phi) is 7.35. The van der Waals surface area contributed by atoms with Crippen molar-refractivity contribution in [2.75, 3.05) is 38.1 Å². The molecule has 0 aliphatic carbocycles. The van der Waals surface area contributed by atoms with Crippen LogP contribution in [-0.4, -0.2) is 59.0 Å². The number of nitrogens with two attached hydrogens (primary N) is 1. The van der Waals surface area contributed by atoms with Crippen LogP contribution in [0.15, 0.2) is 51.2 Å². The highest BCUT2D eigenvalue weighted by Crippen LogP contribution is 2.36. The van der Waals surface area contributed by atoms with Crippen molar-refractivity contribution in [3.63, 3.8) is 0 Å². The Hall–Kier alpha value is -3.15. The fourth-order valence-corrected chi connectivity index (χ4v) is 4.49. The number of hydrogen-bond donors (Lipinski definition) is 2. The van der Waals surface area contributed by atoms with E-state index in [2.05, 4.69) is 31.8 Å². The highest BCUT2D eigenvalue weighted by molar-refractivity contribution is 7.99. The Bertz CT molecular complexity index is 1270. The molecule has 0 bridgehead atoms. The molecule has 3 aromatic rings. The molecular formula is C22H22ClFN6O3S. The molecule has 0 saturated carbocycles. The number of likely N-dealkylation sites (N-methyl/N-ethyl adjacent to an activating group) is 1. The molecule has 178 valence electrons. The van der Waals surface area contributed by atoms with Crippen molar-refractivity contribution < 1.29 is 13.9 Å². The summed E-state index contributed by atoms with van der Waals surface area (Å²) in [5.74, 6) is -0.647. The molecule has 1 amide bonds. The number of amides is 1. The number of halogens is 2. The molecule has 34 heavy (non-hydrogen) atoms. The quantitative estimate of drug-likeness (QED) is 0.504. The number of benzene rings is 1. The van der Waals surface area contributed by atoms with Gasteiger partial charge in [-0.2, -0.15) is 4.98 Å². The number of H-pyrrole nitrogens is 1. The zero-order valence-corrected chi connectivity index (χ0v) is 19.8. The van der Waals surface area contributed by atoms with Gasteiger partial charge in [-0.1, -0.05) is 23.4 Å². The second-order valence-corrected chi connectivity index (χ2v) is 9.22. The molecule has 2 aromatic heterocycles. The van der Waals surface area contributed by atoms with E-state index in [4.69, 9.17) is 22.1 Å². The van der Waals surface area contributed by atoms with Gasteiger partial charge in [-0.25, -0.2) is 9.37 Å². The van der Waals surface area contributed by atoms with Gasteiger partial charge in [-0.05, 0) is 25.2 Å². The minimum Gasteiger partial charge on any atom is -0.470 e. The SMILES string of the molecule is CN1CCN(c2ncc(Sc3ccc(C(N)=O)c(Cl)c3)c(OCc3cc(=O)c(F)c[nH]3)n2)CC1. The second kappa shape index (κ2) is 10.4. The van der Waals surface area contributed by atoms with E-state index in [1.54, 1.807) is 24.4 Å². The standard InChI is InChI=1S/C22H22ClFN6O3S/c1-29-4-6-30(7-5-29)22-27-11-19(34-14-2-3-15(20(25)32)16(23)9-14)21(28-22)33-12-13-8-18(31)17(24)10-26-13/h2-3,8-11H,4-7,12H2,1H3,(H2,25,32)(H,26,31). The first-order valence-corrected chi connectivity index (χ1v) is 11.6. The molecular weight excluding hydrogens is 483 g/mol. The Morgan fingerprint density at radius 2 is 2.06 bits per heavy atom. The largest absolute Gasteiger partial charge is 0.470 e. The van der Waals surface area contributed by atoms with E-state index in [0.717, 1.165) is 43.3 Å². The van der Waals surface area contributed by atoms with Crippen LogP contribution in [0.2, 0.25) is 5.02 Å². The third-order valence-corrected chi connectivity index (χ3v) is 6.52. The number of nitrogens with one attached hydrogen (secondary N) is 1. The van der Waals surface area contributed by atoms with Crippen molar-refractivity contribution in [1.82, 2.24) is 19.9 Å². The molecule has 0 atom stereocenters. The number of anilines is 1. The minimum atomic E-state index is -0.865. The van der Waals surface area contributed by atoms with Gasteiger partial charge in [0.05, 0.1) is 27.4 Å². The van der Waals surface area contributed by atoms with Crippen molar-refractivity contribution in [3.05, 3.63) is 69.0 Å². The fourth-order valence-electron chi connectivity index (χ4n) is 3.29. The van der Waals surface area contributed by atoms with Crippen molar-refractivity contribution in [1.29, 1.82) is 0 Å². The maximum Gasteiger partial charge on any atom is 0.250 e. The van der Waals surface area contributed by atoms with E-state index in [9.17, 15) is 14.0 Å². The lowest BCUT2D eigenvalue weighted by Gasteiger charge is -2.32. The number of aromatic amines is 1. The van der Waals surface area contributed by atoms with Crippen molar-refractivity contribution in [2.24, 2.45) is 5.73 Å². The maximum atomic E-state index is 13.3. The maximum absolute atomic E-state index is 13.3. The van der Waals surface area contributed by atoms with Crippen LogP contribution in [0.25, 0.3) is 0 Å². The predicted octanol–water partition coefficient (Wildman–Crippen LogP) is 2.54. The van der Waals surface area contributed by atoms with Gasteiger partial charge in [0.15, 0.2) is 5.82 Å². The molecule has 9 nitrogen and oxygen atoms in total. The summed E-state index contributed by atoms with van der Waals surface area (Å²) in [5, 5.41) is 0.235. The molecule has 12 heteroatoms. The monoisotopic (exact) mass is 504 g/mol. The van der Waals surface area contributed by atoms with Crippen LogP contribution in [0.4, 0.5) is 10.3 Å². The molecule has 3 N–H and O–H groups in total. The summed E-state index contributed by atoms with van der Waals surface area (Å²) in [7, 11) is 2.06. The normalized spacial score (nSPS) is 14.3. The molecule has 1 fully saturated rings. The Morgan fingerprint density at radius 3 is 2.74 bits per heavy atom. The molecule has 0 spiro atoms.